The Labute approximate surface area is 150 Å². The molecule has 1 amide bonds. The van der Waals surface area contributed by atoms with Gasteiger partial charge in [0.1, 0.15) is 0 Å². The summed E-state index contributed by atoms with van der Waals surface area (Å²) in [5.74, 6) is -0.0688. The lowest BCUT2D eigenvalue weighted by molar-refractivity contribution is -0.115. The van der Waals surface area contributed by atoms with Gasteiger partial charge in [0.15, 0.2) is 10.8 Å². The van der Waals surface area contributed by atoms with E-state index < -0.39 is 0 Å². The standard InChI is InChI=1S/C18H21N5OS/c1-10-7-11(2)16(12(3)8-10)20-17(24)13(4)25-18-22-21-15-6-5-14(19)9-23(15)18/h5-9,13H,19H2,1-4H3,(H,20,24). The molecule has 0 saturated carbocycles. The van der Waals surface area contributed by atoms with Gasteiger partial charge in [0, 0.05) is 17.6 Å². The van der Waals surface area contributed by atoms with E-state index in [1.807, 2.05) is 27.7 Å². The van der Waals surface area contributed by atoms with E-state index in [1.54, 1.807) is 22.7 Å². The Hall–Kier alpha value is -2.54. The third-order valence-electron chi connectivity index (χ3n) is 3.97. The molecule has 6 nitrogen and oxygen atoms in total. The van der Waals surface area contributed by atoms with E-state index in [2.05, 4.69) is 27.6 Å². The summed E-state index contributed by atoms with van der Waals surface area (Å²) in [6.45, 7) is 7.91. The maximum atomic E-state index is 12.6. The molecule has 0 spiro atoms. The summed E-state index contributed by atoms with van der Waals surface area (Å²) in [6, 6.07) is 7.71. The minimum absolute atomic E-state index is 0.0688. The number of nitrogen functional groups attached to an aromatic ring is 1. The molecule has 3 N–H and O–H groups in total. The number of carbonyl (C=O) groups is 1. The minimum Gasteiger partial charge on any atom is -0.398 e. The van der Waals surface area contributed by atoms with Crippen LogP contribution in [0, 0.1) is 20.8 Å². The summed E-state index contributed by atoms with van der Waals surface area (Å²) < 4.78 is 1.80. The molecule has 7 heteroatoms. The Morgan fingerprint density at radius 1 is 1.20 bits per heavy atom. The van der Waals surface area contributed by atoms with Gasteiger partial charge >= 0.3 is 0 Å². The lowest BCUT2D eigenvalue weighted by Crippen LogP contribution is -2.23. The Kier molecular flexibility index (Phi) is 4.67. The number of nitrogens with two attached hydrogens (primary N) is 1. The highest BCUT2D eigenvalue weighted by Gasteiger charge is 2.19. The predicted octanol–water partition coefficient (Wildman–Crippen LogP) is 3.36. The van der Waals surface area contributed by atoms with Crippen LogP contribution in [0.3, 0.4) is 0 Å². The van der Waals surface area contributed by atoms with Crippen LogP contribution in [0.25, 0.3) is 5.65 Å². The van der Waals surface area contributed by atoms with Crippen LogP contribution in [0.5, 0.6) is 0 Å². The van der Waals surface area contributed by atoms with Crippen LogP contribution >= 0.6 is 11.8 Å². The van der Waals surface area contributed by atoms with Crippen molar-refractivity contribution >= 4 is 34.7 Å². The molecule has 0 aliphatic rings. The molecule has 3 aromatic rings. The van der Waals surface area contributed by atoms with Crippen LogP contribution in [0.4, 0.5) is 11.4 Å². The number of hydrogen-bond donors (Lipinski definition) is 2. The first-order chi connectivity index (χ1) is 11.8. The molecule has 0 bridgehead atoms. The number of benzene rings is 1. The van der Waals surface area contributed by atoms with Crippen LogP contribution in [0.1, 0.15) is 23.6 Å². The van der Waals surface area contributed by atoms with Gasteiger partial charge in [-0.05, 0) is 51.0 Å². The predicted molar refractivity (Wildman–Crippen MR) is 102 cm³/mol. The van der Waals surface area contributed by atoms with Crippen molar-refractivity contribution in [1.82, 2.24) is 14.6 Å². The van der Waals surface area contributed by atoms with Gasteiger partial charge in [-0.25, -0.2) is 0 Å². The van der Waals surface area contributed by atoms with Crippen molar-refractivity contribution in [3.63, 3.8) is 0 Å². The van der Waals surface area contributed by atoms with Gasteiger partial charge in [-0.2, -0.15) is 0 Å². The Bertz CT molecular complexity index is 927. The first-order valence-corrected chi connectivity index (χ1v) is 8.88. The molecule has 0 fully saturated rings. The number of pyridine rings is 1. The smallest absolute Gasteiger partial charge is 0.237 e. The molecular formula is C18H21N5OS. The summed E-state index contributed by atoms with van der Waals surface area (Å²) in [6.07, 6.45) is 1.76. The van der Waals surface area contributed by atoms with Crippen molar-refractivity contribution in [2.24, 2.45) is 0 Å². The average Bonchev–Trinajstić information content (AvgIpc) is 2.92. The van der Waals surface area contributed by atoms with Gasteiger partial charge < -0.3 is 11.1 Å². The maximum absolute atomic E-state index is 12.6. The van der Waals surface area contributed by atoms with Crippen LogP contribution in [-0.2, 0) is 4.79 Å². The Morgan fingerprint density at radius 3 is 2.56 bits per heavy atom. The highest BCUT2D eigenvalue weighted by Crippen LogP contribution is 2.26. The quantitative estimate of drug-likeness (QED) is 0.701. The van der Waals surface area contributed by atoms with Gasteiger partial charge in [0.2, 0.25) is 5.91 Å². The number of aromatic nitrogens is 3. The van der Waals surface area contributed by atoms with Crippen molar-refractivity contribution < 1.29 is 4.79 Å². The number of fused-ring (bicyclic) bond motifs is 1. The number of nitrogens with zero attached hydrogens (tertiary/aromatic N) is 3. The normalized spacial score (nSPS) is 12.3. The van der Waals surface area contributed by atoms with Gasteiger partial charge in [0.05, 0.1) is 5.25 Å². The first-order valence-electron chi connectivity index (χ1n) is 8.01. The van der Waals surface area contributed by atoms with Crippen LogP contribution in [0.15, 0.2) is 35.6 Å². The van der Waals surface area contributed by atoms with Crippen molar-refractivity contribution in [2.45, 2.75) is 38.1 Å². The van der Waals surface area contributed by atoms with E-state index in [0.29, 0.717) is 16.5 Å². The summed E-state index contributed by atoms with van der Waals surface area (Å²) in [7, 11) is 0. The third-order valence-corrected chi connectivity index (χ3v) is 5.03. The molecule has 0 aliphatic carbocycles. The number of hydrogen-bond acceptors (Lipinski definition) is 5. The molecule has 1 atom stereocenters. The SMILES string of the molecule is Cc1cc(C)c(NC(=O)C(C)Sc2nnc3ccc(N)cn23)c(C)c1. The average molecular weight is 355 g/mol. The molecule has 1 aromatic carbocycles. The van der Waals surface area contributed by atoms with Crippen molar-refractivity contribution in [3.8, 4) is 0 Å². The van der Waals surface area contributed by atoms with Crippen molar-refractivity contribution in [3.05, 3.63) is 47.2 Å². The second kappa shape index (κ2) is 6.76. The molecule has 3 rings (SSSR count). The molecule has 130 valence electrons. The number of carbonyl (C=O) groups excluding carboxylic acids is 1. The van der Waals surface area contributed by atoms with E-state index >= 15 is 0 Å². The fourth-order valence-electron chi connectivity index (χ4n) is 2.78. The van der Waals surface area contributed by atoms with E-state index in [-0.39, 0.29) is 11.2 Å². The maximum Gasteiger partial charge on any atom is 0.237 e. The molecule has 25 heavy (non-hydrogen) atoms. The first kappa shape index (κ1) is 17.3. The molecule has 0 radical (unpaired) electrons. The molecule has 0 aliphatic heterocycles. The van der Waals surface area contributed by atoms with Crippen LogP contribution in [-0.4, -0.2) is 25.8 Å². The lowest BCUT2D eigenvalue weighted by atomic mass is 10.1. The molecule has 1 unspecified atom stereocenters. The zero-order valence-corrected chi connectivity index (χ0v) is 15.5. The highest BCUT2D eigenvalue weighted by atomic mass is 32.2. The Morgan fingerprint density at radius 2 is 1.88 bits per heavy atom. The molecule has 2 aromatic heterocycles. The molecule has 2 heterocycles. The summed E-state index contributed by atoms with van der Waals surface area (Å²) >= 11 is 1.35. The number of amides is 1. The van der Waals surface area contributed by atoms with Gasteiger partial charge in [-0.3, -0.25) is 9.20 Å². The van der Waals surface area contributed by atoms with Gasteiger partial charge in [-0.15, -0.1) is 10.2 Å². The van der Waals surface area contributed by atoms with Crippen molar-refractivity contribution in [2.75, 3.05) is 11.1 Å². The molecule has 0 saturated heterocycles. The largest absolute Gasteiger partial charge is 0.398 e. The second-order valence-electron chi connectivity index (χ2n) is 6.20. The number of nitrogens with one attached hydrogen (secondary N) is 1. The minimum atomic E-state index is -0.325. The molecular weight excluding hydrogens is 334 g/mol. The zero-order valence-electron chi connectivity index (χ0n) is 14.7. The third kappa shape index (κ3) is 3.61. The highest BCUT2D eigenvalue weighted by molar-refractivity contribution is 8.00. The van der Waals surface area contributed by atoms with E-state index in [9.17, 15) is 4.79 Å². The lowest BCUT2D eigenvalue weighted by Gasteiger charge is -2.15. The second-order valence-corrected chi connectivity index (χ2v) is 7.50. The van der Waals surface area contributed by atoms with Gasteiger partial charge in [0.25, 0.3) is 0 Å². The summed E-state index contributed by atoms with van der Waals surface area (Å²) in [5.41, 5.74) is 11.3. The van der Waals surface area contributed by atoms with Crippen molar-refractivity contribution in [1.29, 1.82) is 0 Å². The monoisotopic (exact) mass is 355 g/mol. The zero-order chi connectivity index (χ0) is 18.1. The van der Waals surface area contributed by atoms with E-state index in [1.165, 1.54) is 17.3 Å². The summed E-state index contributed by atoms with van der Waals surface area (Å²) in [4.78, 5) is 12.6. The fraction of sp³-hybridized carbons (Fsp3) is 0.278. The summed E-state index contributed by atoms with van der Waals surface area (Å²) in [5, 5.41) is 11.6. The number of rotatable bonds is 4. The van der Waals surface area contributed by atoms with Crippen LogP contribution in [0.2, 0.25) is 0 Å². The number of anilines is 2. The van der Waals surface area contributed by atoms with Gasteiger partial charge in [-0.1, -0.05) is 29.5 Å². The fourth-order valence-corrected chi connectivity index (χ4v) is 3.61. The van der Waals surface area contributed by atoms with E-state index in [4.69, 9.17) is 5.73 Å². The van der Waals surface area contributed by atoms with Crippen LogP contribution < -0.4 is 11.1 Å². The Balaban J connectivity index is 1.78. The number of thioether (sulfide) groups is 1. The van der Waals surface area contributed by atoms with E-state index in [0.717, 1.165) is 16.8 Å². The number of aryl methyl sites for hydroxylation is 3. The topological polar surface area (TPSA) is 85.3 Å².